The summed E-state index contributed by atoms with van der Waals surface area (Å²) < 4.78 is 5.21. The first-order chi connectivity index (χ1) is 10.2. The highest BCUT2D eigenvalue weighted by Crippen LogP contribution is 2.08. The molecular formula is C13H23N5O3. The number of aliphatic hydroxyl groups is 1. The van der Waals surface area contributed by atoms with Gasteiger partial charge in [0.1, 0.15) is 0 Å². The van der Waals surface area contributed by atoms with E-state index in [4.69, 9.17) is 4.74 Å². The lowest BCUT2D eigenvalue weighted by Crippen LogP contribution is -2.38. The summed E-state index contributed by atoms with van der Waals surface area (Å²) in [7, 11) is 0. The van der Waals surface area contributed by atoms with Crippen molar-refractivity contribution in [3.05, 3.63) is 11.9 Å². The predicted molar refractivity (Wildman–Crippen MR) is 75.4 cm³/mol. The number of carbonyl (C=O) groups excluding carboxylic acids is 1. The number of aromatic amines is 1. The Bertz CT molecular complexity index is 425. The van der Waals surface area contributed by atoms with Crippen LogP contribution >= 0.6 is 0 Å². The maximum absolute atomic E-state index is 12.1. The van der Waals surface area contributed by atoms with Crippen LogP contribution < -0.4 is 0 Å². The van der Waals surface area contributed by atoms with E-state index < -0.39 is 6.10 Å². The monoisotopic (exact) mass is 297 g/mol. The fraction of sp³-hybridized carbons (Fsp3) is 0.769. The van der Waals surface area contributed by atoms with Crippen LogP contribution in [0.3, 0.4) is 0 Å². The molecule has 0 saturated carbocycles. The van der Waals surface area contributed by atoms with Crippen molar-refractivity contribution in [1.82, 2.24) is 25.2 Å². The first-order valence-electron chi connectivity index (χ1n) is 7.29. The minimum Gasteiger partial charge on any atom is -0.390 e. The van der Waals surface area contributed by atoms with E-state index in [1.54, 1.807) is 11.1 Å². The predicted octanol–water partition coefficient (Wildman–Crippen LogP) is -0.764. The van der Waals surface area contributed by atoms with E-state index in [0.717, 1.165) is 5.69 Å². The van der Waals surface area contributed by atoms with Gasteiger partial charge >= 0.3 is 0 Å². The van der Waals surface area contributed by atoms with Crippen molar-refractivity contribution < 1.29 is 14.6 Å². The molecule has 1 aliphatic heterocycles. The molecule has 0 aliphatic carbocycles. The number of nitrogens with zero attached hydrogens (tertiary/aromatic N) is 4. The van der Waals surface area contributed by atoms with Crippen LogP contribution in [0.2, 0.25) is 0 Å². The number of amides is 1. The molecule has 0 bridgehead atoms. The Morgan fingerprint density at radius 1 is 1.52 bits per heavy atom. The van der Waals surface area contributed by atoms with Gasteiger partial charge in [0.05, 0.1) is 31.0 Å². The number of H-pyrrole nitrogens is 1. The van der Waals surface area contributed by atoms with Crippen LogP contribution in [0.15, 0.2) is 6.20 Å². The molecule has 1 aromatic heterocycles. The van der Waals surface area contributed by atoms with Crippen molar-refractivity contribution in [1.29, 1.82) is 0 Å². The second-order valence-electron chi connectivity index (χ2n) is 5.14. The Kier molecular flexibility index (Phi) is 6.09. The third-order valence-corrected chi connectivity index (χ3v) is 3.45. The summed E-state index contributed by atoms with van der Waals surface area (Å²) in [4.78, 5) is 15.9. The summed E-state index contributed by atoms with van der Waals surface area (Å²) in [5, 5.41) is 20.4. The Morgan fingerprint density at radius 2 is 2.38 bits per heavy atom. The second-order valence-corrected chi connectivity index (χ2v) is 5.14. The molecule has 8 heteroatoms. The highest BCUT2D eigenvalue weighted by molar-refractivity contribution is 5.76. The largest absolute Gasteiger partial charge is 0.390 e. The summed E-state index contributed by atoms with van der Waals surface area (Å²) in [5.41, 5.74) is 0.832. The van der Waals surface area contributed by atoms with Crippen LogP contribution in [0.1, 0.15) is 19.0 Å². The number of aromatic nitrogens is 3. The first-order valence-corrected chi connectivity index (χ1v) is 7.29. The van der Waals surface area contributed by atoms with E-state index >= 15 is 0 Å². The van der Waals surface area contributed by atoms with Crippen LogP contribution in [-0.2, 0) is 16.1 Å². The molecule has 2 heterocycles. The summed E-state index contributed by atoms with van der Waals surface area (Å²) >= 11 is 0. The van der Waals surface area contributed by atoms with Gasteiger partial charge in [-0.15, -0.1) is 0 Å². The van der Waals surface area contributed by atoms with E-state index in [9.17, 15) is 9.90 Å². The molecule has 0 unspecified atom stereocenters. The summed E-state index contributed by atoms with van der Waals surface area (Å²) in [6, 6.07) is 0. The Hall–Kier alpha value is -1.51. The highest BCUT2D eigenvalue weighted by atomic mass is 16.5. The number of nitrogens with one attached hydrogen (secondary N) is 1. The van der Waals surface area contributed by atoms with Gasteiger partial charge in [-0.1, -0.05) is 0 Å². The standard InChI is InChI=1S/C13H23N5O3/c1-2-21-6-3-13(20)18-5-4-17(9-12(19)10-18)8-11-7-14-16-15-11/h7,12,19H,2-6,8-10H2,1H3,(H,14,15,16)/t12-/m0/s1. The molecule has 1 fully saturated rings. The van der Waals surface area contributed by atoms with Crippen molar-refractivity contribution in [3.63, 3.8) is 0 Å². The number of ether oxygens (including phenoxy) is 1. The molecule has 1 aromatic rings. The van der Waals surface area contributed by atoms with Crippen LogP contribution in [-0.4, -0.2) is 81.7 Å². The molecule has 0 spiro atoms. The molecule has 8 nitrogen and oxygen atoms in total. The maximum Gasteiger partial charge on any atom is 0.225 e. The zero-order valence-electron chi connectivity index (χ0n) is 12.4. The molecule has 1 amide bonds. The van der Waals surface area contributed by atoms with Gasteiger partial charge in [0, 0.05) is 39.3 Å². The van der Waals surface area contributed by atoms with E-state index in [-0.39, 0.29) is 5.91 Å². The average molecular weight is 297 g/mol. The average Bonchev–Trinajstić information content (AvgIpc) is 2.88. The third-order valence-electron chi connectivity index (χ3n) is 3.45. The van der Waals surface area contributed by atoms with E-state index in [1.165, 1.54) is 0 Å². The molecule has 1 atom stereocenters. The van der Waals surface area contributed by atoms with Crippen LogP contribution in [0.25, 0.3) is 0 Å². The van der Waals surface area contributed by atoms with Crippen molar-refractivity contribution >= 4 is 5.91 Å². The molecule has 0 aromatic carbocycles. The van der Waals surface area contributed by atoms with Gasteiger partial charge in [-0.05, 0) is 6.92 Å². The molecule has 1 saturated heterocycles. The lowest BCUT2D eigenvalue weighted by molar-refractivity contribution is -0.133. The minimum atomic E-state index is -0.546. The van der Waals surface area contributed by atoms with E-state index in [0.29, 0.717) is 52.4 Å². The second kappa shape index (κ2) is 8.06. The lowest BCUT2D eigenvalue weighted by atomic mass is 10.3. The Balaban J connectivity index is 1.83. The number of aliphatic hydroxyl groups excluding tert-OH is 1. The quantitative estimate of drug-likeness (QED) is 0.670. The van der Waals surface area contributed by atoms with Crippen molar-refractivity contribution in [3.8, 4) is 0 Å². The number of rotatable bonds is 6. The number of carbonyl (C=O) groups is 1. The summed E-state index contributed by atoms with van der Waals surface area (Å²) in [6.45, 7) is 5.80. The van der Waals surface area contributed by atoms with Gasteiger partial charge < -0.3 is 14.7 Å². The molecule has 2 N–H and O–H groups in total. The molecule has 21 heavy (non-hydrogen) atoms. The van der Waals surface area contributed by atoms with Gasteiger partial charge in [0.25, 0.3) is 0 Å². The molecule has 118 valence electrons. The van der Waals surface area contributed by atoms with Crippen molar-refractivity contribution in [2.45, 2.75) is 26.0 Å². The normalized spacial score (nSPS) is 20.5. The van der Waals surface area contributed by atoms with E-state index in [1.807, 2.05) is 6.92 Å². The maximum atomic E-state index is 12.1. The van der Waals surface area contributed by atoms with Gasteiger partial charge in [0.2, 0.25) is 5.91 Å². The van der Waals surface area contributed by atoms with E-state index in [2.05, 4.69) is 20.3 Å². The van der Waals surface area contributed by atoms with Crippen molar-refractivity contribution in [2.24, 2.45) is 0 Å². The topological polar surface area (TPSA) is 94.6 Å². The molecule has 0 radical (unpaired) electrons. The van der Waals surface area contributed by atoms with Crippen LogP contribution in [0, 0.1) is 0 Å². The van der Waals surface area contributed by atoms with Gasteiger partial charge in [-0.3, -0.25) is 9.69 Å². The van der Waals surface area contributed by atoms with Crippen LogP contribution in [0.4, 0.5) is 0 Å². The zero-order valence-corrected chi connectivity index (χ0v) is 12.4. The lowest BCUT2D eigenvalue weighted by Gasteiger charge is -2.21. The van der Waals surface area contributed by atoms with Gasteiger partial charge in [-0.25, -0.2) is 0 Å². The smallest absolute Gasteiger partial charge is 0.225 e. The summed E-state index contributed by atoms with van der Waals surface area (Å²) in [6.07, 6.45) is 1.49. The molecular weight excluding hydrogens is 274 g/mol. The molecule has 2 rings (SSSR count). The van der Waals surface area contributed by atoms with Gasteiger partial charge in [0.15, 0.2) is 0 Å². The number of hydrogen-bond acceptors (Lipinski definition) is 6. The fourth-order valence-corrected chi connectivity index (χ4v) is 2.42. The highest BCUT2D eigenvalue weighted by Gasteiger charge is 2.24. The summed E-state index contributed by atoms with van der Waals surface area (Å²) in [5.74, 6) is 0.0331. The third kappa shape index (κ3) is 5.07. The SMILES string of the molecule is CCOCCC(=O)N1CCN(Cc2cn[nH]n2)C[C@H](O)C1. The number of β-amino-alcohol motifs (C(OH)–C–C–N with tert-alkyl or cyclic N) is 1. The fourth-order valence-electron chi connectivity index (χ4n) is 2.42. The zero-order chi connectivity index (χ0) is 15.1. The van der Waals surface area contributed by atoms with Crippen LogP contribution in [0.5, 0.6) is 0 Å². The van der Waals surface area contributed by atoms with Crippen molar-refractivity contribution in [2.75, 3.05) is 39.4 Å². The number of hydrogen-bond donors (Lipinski definition) is 2. The molecule has 1 aliphatic rings. The first kappa shape index (κ1) is 15.9. The van der Waals surface area contributed by atoms with Gasteiger partial charge in [-0.2, -0.15) is 15.4 Å². The Labute approximate surface area is 124 Å². The Morgan fingerprint density at radius 3 is 3.10 bits per heavy atom. The minimum absolute atomic E-state index is 0.0331.